The van der Waals surface area contributed by atoms with E-state index in [0.29, 0.717) is 0 Å². The Balaban J connectivity index is 1.64. The molecule has 2 heterocycles. The molecule has 1 atom stereocenters. The summed E-state index contributed by atoms with van der Waals surface area (Å²) in [5, 5.41) is 0. The van der Waals surface area contributed by atoms with Crippen LogP contribution >= 0.6 is 0 Å². The topological polar surface area (TPSA) is 97.7 Å². The SMILES string of the molecule is CCOC(=O)c1cc(S(=O)(=O)NCCC(=O)N2c3ccccc3C[C@H]2C)cn1C. The second kappa shape index (κ2) is 8.38. The quantitative estimate of drug-likeness (QED) is 0.691. The van der Waals surface area contributed by atoms with Crippen LogP contribution in [0.15, 0.2) is 41.4 Å². The molecular weight excluding hydrogens is 394 g/mol. The van der Waals surface area contributed by atoms with Gasteiger partial charge in [-0.25, -0.2) is 17.9 Å². The Morgan fingerprint density at radius 2 is 2.00 bits per heavy atom. The van der Waals surface area contributed by atoms with Gasteiger partial charge in [0.05, 0.1) is 6.61 Å². The van der Waals surface area contributed by atoms with Crippen molar-refractivity contribution >= 4 is 27.6 Å². The van der Waals surface area contributed by atoms with Crippen LogP contribution in [0, 0.1) is 0 Å². The molecule has 2 aromatic rings. The number of nitrogens with zero attached hydrogens (tertiary/aromatic N) is 2. The number of aryl methyl sites for hydroxylation is 1. The molecule has 1 amide bonds. The summed E-state index contributed by atoms with van der Waals surface area (Å²) in [6.07, 6.45) is 2.17. The average molecular weight is 420 g/mol. The second-order valence-electron chi connectivity index (χ2n) is 6.99. The van der Waals surface area contributed by atoms with E-state index in [9.17, 15) is 18.0 Å². The highest BCUT2D eigenvalue weighted by molar-refractivity contribution is 7.89. The zero-order valence-electron chi connectivity index (χ0n) is 16.7. The van der Waals surface area contributed by atoms with Crippen LogP contribution in [0.5, 0.6) is 0 Å². The van der Waals surface area contributed by atoms with Gasteiger partial charge in [-0.3, -0.25) is 4.79 Å². The number of ether oxygens (including phenoxy) is 1. The minimum absolute atomic E-state index is 0.0316. The Hall–Kier alpha value is -2.65. The first-order chi connectivity index (χ1) is 13.7. The molecule has 0 spiro atoms. The summed E-state index contributed by atoms with van der Waals surface area (Å²) in [4.78, 5) is 26.2. The number of para-hydroxylation sites is 1. The van der Waals surface area contributed by atoms with Crippen LogP contribution in [-0.4, -0.2) is 44.1 Å². The lowest BCUT2D eigenvalue weighted by Gasteiger charge is -2.22. The van der Waals surface area contributed by atoms with Crippen molar-refractivity contribution in [1.29, 1.82) is 0 Å². The Morgan fingerprint density at radius 3 is 2.72 bits per heavy atom. The molecular formula is C20H25N3O5S. The molecule has 0 radical (unpaired) electrons. The zero-order valence-corrected chi connectivity index (χ0v) is 17.5. The van der Waals surface area contributed by atoms with Crippen LogP contribution in [0.4, 0.5) is 5.69 Å². The number of anilines is 1. The fourth-order valence-electron chi connectivity index (χ4n) is 3.53. The van der Waals surface area contributed by atoms with Crippen molar-refractivity contribution in [2.24, 2.45) is 7.05 Å². The van der Waals surface area contributed by atoms with E-state index in [4.69, 9.17) is 4.74 Å². The van der Waals surface area contributed by atoms with E-state index in [-0.39, 0.29) is 42.1 Å². The maximum atomic E-state index is 12.7. The van der Waals surface area contributed by atoms with E-state index in [0.717, 1.165) is 17.7 Å². The number of fused-ring (bicyclic) bond motifs is 1. The Morgan fingerprint density at radius 1 is 1.28 bits per heavy atom. The molecule has 0 bridgehead atoms. The first-order valence-corrected chi connectivity index (χ1v) is 11.0. The standard InChI is InChI=1S/C20H25N3O5S/c1-4-28-20(25)18-12-16(13-22(18)3)29(26,27)21-10-9-19(24)23-14(2)11-15-7-5-6-8-17(15)23/h5-8,12-14,21H,4,9-11H2,1-3H3/t14-/m1/s1. The van der Waals surface area contributed by atoms with Crippen LogP contribution in [0.1, 0.15) is 36.3 Å². The molecule has 0 unspecified atom stereocenters. The summed E-state index contributed by atoms with van der Waals surface area (Å²) in [5.41, 5.74) is 2.14. The van der Waals surface area contributed by atoms with Crippen molar-refractivity contribution in [3.8, 4) is 0 Å². The summed E-state index contributed by atoms with van der Waals surface area (Å²) < 4.78 is 33.8. The number of nitrogens with one attached hydrogen (secondary N) is 1. The van der Waals surface area contributed by atoms with Crippen molar-refractivity contribution in [1.82, 2.24) is 9.29 Å². The number of sulfonamides is 1. The number of rotatable bonds is 7. The molecule has 0 fully saturated rings. The monoisotopic (exact) mass is 419 g/mol. The summed E-state index contributed by atoms with van der Waals surface area (Å²) in [6.45, 7) is 3.82. The minimum atomic E-state index is -3.85. The van der Waals surface area contributed by atoms with Gasteiger partial charge in [-0.1, -0.05) is 18.2 Å². The molecule has 156 valence electrons. The van der Waals surface area contributed by atoms with Crippen molar-refractivity contribution in [2.45, 2.75) is 37.6 Å². The zero-order chi connectivity index (χ0) is 21.2. The van der Waals surface area contributed by atoms with Gasteiger partial charge >= 0.3 is 5.97 Å². The van der Waals surface area contributed by atoms with Gasteiger partial charge in [0.1, 0.15) is 10.6 Å². The first-order valence-electron chi connectivity index (χ1n) is 9.47. The van der Waals surface area contributed by atoms with E-state index in [1.165, 1.54) is 16.8 Å². The molecule has 1 aliphatic heterocycles. The van der Waals surface area contributed by atoms with Gasteiger partial charge in [-0.15, -0.1) is 0 Å². The van der Waals surface area contributed by atoms with Gasteiger partial charge in [0.2, 0.25) is 15.9 Å². The predicted octanol–water partition coefficient (Wildman–Crippen LogP) is 1.85. The summed E-state index contributed by atoms with van der Waals surface area (Å²) in [5.74, 6) is -0.723. The lowest BCUT2D eigenvalue weighted by Crippen LogP contribution is -2.38. The van der Waals surface area contributed by atoms with Gasteiger partial charge in [-0.2, -0.15) is 0 Å². The largest absolute Gasteiger partial charge is 0.461 e. The lowest BCUT2D eigenvalue weighted by molar-refractivity contribution is -0.118. The van der Waals surface area contributed by atoms with Gasteiger partial charge < -0.3 is 14.2 Å². The smallest absolute Gasteiger partial charge is 0.354 e. The van der Waals surface area contributed by atoms with Gasteiger partial charge in [0, 0.05) is 37.9 Å². The number of esters is 1. The Kier molecular flexibility index (Phi) is 6.09. The summed E-state index contributed by atoms with van der Waals surface area (Å²) in [7, 11) is -2.28. The van der Waals surface area contributed by atoms with Gasteiger partial charge in [-0.05, 0) is 38.0 Å². The number of amides is 1. The summed E-state index contributed by atoms with van der Waals surface area (Å²) in [6, 6.07) is 9.04. The molecule has 1 N–H and O–H groups in total. The highest BCUT2D eigenvalue weighted by Crippen LogP contribution is 2.32. The van der Waals surface area contributed by atoms with Crippen LogP contribution in [0.25, 0.3) is 0 Å². The number of carbonyl (C=O) groups excluding carboxylic acids is 2. The third kappa shape index (κ3) is 4.35. The van der Waals surface area contributed by atoms with Crippen molar-refractivity contribution in [3.05, 3.63) is 47.8 Å². The number of aromatic nitrogens is 1. The van der Waals surface area contributed by atoms with Crippen molar-refractivity contribution < 1.29 is 22.7 Å². The Bertz CT molecular complexity index is 1030. The van der Waals surface area contributed by atoms with Crippen LogP contribution in [0.3, 0.4) is 0 Å². The maximum Gasteiger partial charge on any atom is 0.354 e. The van der Waals surface area contributed by atoms with Crippen LogP contribution in [-0.2, 0) is 33.0 Å². The van der Waals surface area contributed by atoms with E-state index in [1.54, 1.807) is 18.9 Å². The highest BCUT2D eigenvalue weighted by atomic mass is 32.2. The molecule has 29 heavy (non-hydrogen) atoms. The number of hydrogen-bond donors (Lipinski definition) is 1. The normalized spacial score (nSPS) is 16.0. The summed E-state index contributed by atoms with van der Waals surface area (Å²) >= 11 is 0. The minimum Gasteiger partial charge on any atom is -0.461 e. The molecule has 0 saturated carbocycles. The van der Waals surface area contributed by atoms with Crippen molar-refractivity contribution in [2.75, 3.05) is 18.1 Å². The maximum absolute atomic E-state index is 12.7. The molecule has 1 aliphatic rings. The molecule has 1 aromatic carbocycles. The third-order valence-electron chi connectivity index (χ3n) is 4.88. The average Bonchev–Trinajstić information content (AvgIpc) is 3.21. The molecule has 1 aromatic heterocycles. The molecule has 3 rings (SSSR count). The third-order valence-corrected chi connectivity index (χ3v) is 6.31. The first kappa shape index (κ1) is 21.1. The fourth-order valence-corrected chi connectivity index (χ4v) is 4.63. The number of carbonyl (C=O) groups is 2. The van der Waals surface area contributed by atoms with Crippen LogP contribution < -0.4 is 9.62 Å². The Labute approximate surface area is 170 Å². The van der Waals surface area contributed by atoms with E-state index >= 15 is 0 Å². The van der Waals surface area contributed by atoms with E-state index in [2.05, 4.69) is 4.72 Å². The van der Waals surface area contributed by atoms with Crippen molar-refractivity contribution in [3.63, 3.8) is 0 Å². The van der Waals surface area contributed by atoms with E-state index < -0.39 is 16.0 Å². The van der Waals surface area contributed by atoms with Crippen LogP contribution in [0.2, 0.25) is 0 Å². The highest BCUT2D eigenvalue weighted by Gasteiger charge is 2.30. The van der Waals surface area contributed by atoms with E-state index in [1.807, 2.05) is 31.2 Å². The molecule has 8 nitrogen and oxygen atoms in total. The molecule has 0 aliphatic carbocycles. The molecule has 9 heteroatoms. The van der Waals surface area contributed by atoms with Gasteiger partial charge in [0.15, 0.2) is 0 Å². The second-order valence-corrected chi connectivity index (χ2v) is 8.75. The molecule has 0 saturated heterocycles. The van der Waals surface area contributed by atoms with Gasteiger partial charge in [0.25, 0.3) is 0 Å². The predicted molar refractivity (Wildman–Crippen MR) is 108 cm³/mol. The lowest BCUT2D eigenvalue weighted by atomic mass is 10.1. The number of benzene rings is 1. The fraction of sp³-hybridized carbons (Fsp3) is 0.400. The number of hydrogen-bond acceptors (Lipinski definition) is 5.